The van der Waals surface area contributed by atoms with Gasteiger partial charge < -0.3 is 20.1 Å². The molecule has 1 aromatic rings. The molecule has 0 aliphatic carbocycles. The first-order chi connectivity index (χ1) is 11.0. The molecule has 0 spiro atoms. The number of nitrogens with zero attached hydrogens (tertiary/aromatic N) is 3. The summed E-state index contributed by atoms with van der Waals surface area (Å²) in [5, 5.41) is 12.4. The zero-order chi connectivity index (χ0) is 16.4. The molecule has 2 fully saturated rings. The van der Waals surface area contributed by atoms with Crippen LogP contribution in [0.25, 0.3) is 0 Å². The molecular formula is C16H24N4O3. The van der Waals surface area contributed by atoms with Crippen LogP contribution < -0.4 is 10.2 Å². The minimum absolute atomic E-state index is 0.183. The van der Waals surface area contributed by atoms with E-state index in [2.05, 4.69) is 29.1 Å². The summed E-state index contributed by atoms with van der Waals surface area (Å²) in [5.74, 6) is 0.739. The van der Waals surface area contributed by atoms with Crippen LogP contribution in [0, 0.1) is 11.8 Å². The summed E-state index contributed by atoms with van der Waals surface area (Å²) in [5.41, 5.74) is 0. The van der Waals surface area contributed by atoms with Crippen LogP contribution in [0.1, 0.15) is 26.7 Å². The van der Waals surface area contributed by atoms with Crippen molar-refractivity contribution in [2.24, 2.45) is 11.8 Å². The minimum Gasteiger partial charge on any atom is -0.481 e. The van der Waals surface area contributed by atoms with Gasteiger partial charge in [0.05, 0.1) is 18.1 Å². The third-order valence-corrected chi connectivity index (χ3v) is 4.51. The van der Waals surface area contributed by atoms with E-state index < -0.39 is 5.97 Å². The molecule has 2 unspecified atom stereocenters. The number of aromatic nitrogens is 2. The maximum Gasteiger partial charge on any atom is 0.310 e. The van der Waals surface area contributed by atoms with Gasteiger partial charge in [0.1, 0.15) is 5.82 Å². The van der Waals surface area contributed by atoms with Crippen molar-refractivity contribution in [1.82, 2.24) is 9.97 Å². The van der Waals surface area contributed by atoms with Gasteiger partial charge in [0, 0.05) is 25.9 Å². The Kier molecular flexibility index (Phi) is 4.66. The molecule has 23 heavy (non-hydrogen) atoms. The molecule has 0 amide bonds. The Morgan fingerprint density at radius 1 is 1.48 bits per heavy atom. The van der Waals surface area contributed by atoms with Gasteiger partial charge in [-0.2, -0.15) is 4.98 Å². The molecule has 0 saturated carbocycles. The van der Waals surface area contributed by atoms with Crippen LogP contribution in [-0.2, 0) is 9.53 Å². The molecule has 2 N–H and O–H groups in total. The third kappa shape index (κ3) is 3.55. The van der Waals surface area contributed by atoms with Gasteiger partial charge in [-0.05, 0) is 24.8 Å². The Bertz CT molecular complexity index is 560. The fourth-order valence-electron chi connectivity index (χ4n) is 3.18. The van der Waals surface area contributed by atoms with E-state index in [4.69, 9.17) is 9.84 Å². The Morgan fingerprint density at radius 2 is 2.26 bits per heavy atom. The number of anilines is 2. The average molecular weight is 320 g/mol. The predicted molar refractivity (Wildman–Crippen MR) is 86.6 cm³/mol. The van der Waals surface area contributed by atoms with Crippen molar-refractivity contribution in [2.45, 2.75) is 38.8 Å². The van der Waals surface area contributed by atoms with Crippen molar-refractivity contribution in [3.63, 3.8) is 0 Å². The Labute approximate surface area is 136 Å². The van der Waals surface area contributed by atoms with Crippen LogP contribution >= 0.6 is 0 Å². The standard InChI is InChI=1S/C16H24N4O3/c1-10(2)14-12(4-3-7-23-14)18-13-5-6-17-16(19-13)20-8-11(9-20)15(21)22/h5-6,10-12,14H,3-4,7-9H2,1-2H3,(H,21,22)(H,17,18,19). The molecule has 1 aromatic heterocycles. The average Bonchev–Trinajstić information content (AvgIpc) is 2.46. The minimum atomic E-state index is -0.755. The van der Waals surface area contributed by atoms with Crippen LogP contribution in [0.2, 0.25) is 0 Å². The molecule has 3 heterocycles. The van der Waals surface area contributed by atoms with Crippen molar-refractivity contribution in [1.29, 1.82) is 0 Å². The smallest absolute Gasteiger partial charge is 0.310 e. The lowest BCUT2D eigenvalue weighted by atomic mass is 9.94. The Balaban J connectivity index is 1.64. The molecule has 7 heteroatoms. The fraction of sp³-hybridized carbons (Fsp3) is 0.688. The summed E-state index contributed by atoms with van der Waals surface area (Å²) < 4.78 is 5.89. The molecule has 2 aliphatic heterocycles. The normalized spacial score (nSPS) is 25.3. The van der Waals surface area contributed by atoms with E-state index in [9.17, 15) is 4.79 Å². The number of aliphatic carboxylic acids is 1. The Hall–Kier alpha value is -1.89. The first-order valence-electron chi connectivity index (χ1n) is 8.23. The summed E-state index contributed by atoms with van der Waals surface area (Å²) >= 11 is 0. The predicted octanol–water partition coefficient (Wildman–Crippen LogP) is 1.61. The third-order valence-electron chi connectivity index (χ3n) is 4.51. The largest absolute Gasteiger partial charge is 0.481 e. The zero-order valence-electron chi connectivity index (χ0n) is 13.6. The van der Waals surface area contributed by atoms with Crippen LogP contribution in [-0.4, -0.2) is 52.9 Å². The van der Waals surface area contributed by atoms with Gasteiger partial charge >= 0.3 is 5.97 Å². The highest BCUT2D eigenvalue weighted by molar-refractivity contribution is 5.73. The lowest BCUT2D eigenvalue weighted by Gasteiger charge is -2.37. The molecule has 2 saturated heterocycles. The second-order valence-corrected chi connectivity index (χ2v) is 6.65. The summed E-state index contributed by atoms with van der Waals surface area (Å²) in [6.07, 6.45) is 4.01. The van der Waals surface area contributed by atoms with Crippen molar-refractivity contribution in [2.75, 3.05) is 29.9 Å². The number of carboxylic acids is 1. The lowest BCUT2D eigenvalue weighted by molar-refractivity contribution is -0.142. The molecule has 0 bridgehead atoms. The SMILES string of the molecule is CC(C)C1OCCCC1Nc1ccnc(N2CC(C(=O)O)C2)n1. The topological polar surface area (TPSA) is 87.6 Å². The first-order valence-corrected chi connectivity index (χ1v) is 8.23. The van der Waals surface area contributed by atoms with Crippen molar-refractivity contribution in [3.05, 3.63) is 12.3 Å². The van der Waals surface area contributed by atoms with E-state index in [-0.39, 0.29) is 18.1 Å². The number of nitrogens with one attached hydrogen (secondary N) is 1. The zero-order valence-corrected chi connectivity index (χ0v) is 13.6. The van der Waals surface area contributed by atoms with E-state index in [1.54, 1.807) is 6.20 Å². The highest BCUT2D eigenvalue weighted by Gasteiger charge is 2.34. The van der Waals surface area contributed by atoms with E-state index in [1.165, 1.54) is 0 Å². The van der Waals surface area contributed by atoms with E-state index in [0.29, 0.717) is 25.0 Å². The second kappa shape index (κ2) is 6.70. The Morgan fingerprint density at radius 3 is 2.96 bits per heavy atom. The van der Waals surface area contributed by atoms with Gasteiger partial charge in [-0.3, -0.25) is 4.79 Å². The van der Waals surface area contributed by atoms with E-state index >= 15 is 0 Å². The number of ether oxygens (including phenoxy) is 1. The quantitative estimate of drug-likeness (QED) is 0.852. The number of carbonyl (C=O) groups is 1. The molecule has 0 radical (unpaired) electrons. The van der Waals surface area contributed by atoms with Crippen LogP contribution in [0.3, 0.4) is 0 Å². The maximum atomic E-state index is 10.9. The van der Waals surface area contributed by atoms with Crippen LogP contribution in [0.15, 0.2) is 12.3 Å². The summed E-state index contributed by atoms with van der Waals surface area (Å²) in [6.45, 7) is 6.10. The van der Waals surface area contributed by atoms with Crippen molar-refractivity contribution < 1.29 is 14.6 Å². The molecule has 126 valence electrons. The summed E-state index contributed by atoms with van der Waals surface area (Å²) in [6, 6.07) is 2.10. The molecule has 2 atom stereocenters. The maximum absolute atomic E-state index is 10.9. The molecule has 0 aromatic carbocycles. The number of hydrogen-bond donors (Lipinski definition) is 2. The number of carboxylic acid groups (broad SMARTS) is 1. The van der Waals surface area contributed by atoms with E-state index in [1.807, 2.05) is 11.0 Å². The van der Waals surface area contributed by atoms with Gasteiger partial charge in [-0.15, -0.1) is 0 Å². The van der Waals surface area contributed by atoms with Crippen molar-refractivity contribution in [3.8, 4) is 0 Å². The van der Waals surface area contributed by atoms with Gasteiger partial charge in [-0.25, -0.2) is 4.98 Å². The summed E-state index contributed by atoms with van der Waals surface area (Å²) in [7, 11) is 0. The highest BCUT2D eigenvalue weighted by Crippen LogP contribution is 2.25. The highest BCUT2D eigenvalue weighted by atomic mass is 16.5. The summed E-state index contributed by atoms with van der Waals surface area (Å²) in [4.78, 5) is 21.6. The van der Waals surface area contributed by atoms with Gasteiger partial charge in [-0.1, -0.05) is 13.8 Å². The monoisotopic (exact) mass is 320 g/mol. The van der Waals surface area contributed by atoms with Crippen LogP contribution in [0.5, 0.6) is 0 Å². The van der Waals surface area contributed by atoms with Crippen molar-refractivity contribution >= 4 is 17.7 Å². The van der Waals surface area contributed by atoms with Gasteiger partial charge in [0.2, 0.25) is 5.95 Å². The van der Waals surface area contributed by atoms with E-state index in [0.717, 1.165) is 25.3 Å². The van der Waals surface area contributed by atoms with Crippen LogP contribution in [0.4, 0.5) is 11.8 Å². The van der Waals surface area contributed by atoms with Gasteiger partial charge in [0.15, 0.2) is 0 Å². The molecule has 7 nitrogen and oxygen atoms in total. The van der Waals surface area contributed by atoms with Gasteiger partial charge in [0.25, 0.3) is 0 Å². The molecule has 2 aliphatic rings. The number of hydrogen-bond acceptors (Lipinski definition) is 6. The number of rotatable bonds is 5. The fourth-order valence-corrected chi connectivity index (χ4v) is 3.18. The first kappa shape index (κ1) is 16.0. The molecular weight excluding hydrogens is 296 g/mol. The molecule has 3 rings (SSSR count). The lowest BCUT2D eigenvalue weighted by Crippen LogP contribution is -2.51. The second-order valence-electron chi connectivity index (χ2n) is 6.65.